The first-order valence-electron chi connectivity index (χ1n) is 7.37. The summed E-state index contributed by atoms with van der Waals surface area (Å²) in [5.74, 6) is 0. The van der Waals surface area contributed by atoms with Crippen LogP contribution in [0.4, 0.5) is 5.69 Å². The number of aryl methyl sites for hydroxylation is 2. The zero-order valence-electron chi connectivity index (χ0n) is 12.3. The van der Waals surface area contributed by atoms with Crippen molar-refractivity contribution in [1.82, 2.24) is 19.6 Å². The fraction of sp³-hybridized carbons (Fsp3) is 0.467. The highest BCUT2D eigenvalue weighted by Gasteiger charge is 2.28. The van der Waals surface area contributed by atoms with Crippen molar-refractivity contribution in [2.75, 3.05) is 4.90 Å². The first-order valence-corrected chi connectivity index (χ1v) is 8.31. The molecule has 0 bridgehead atoms. The molecule has 1 unspecified atom stereocenters. The van der Waals surface area contributed by atoms with Gasteiger partial charge >= 0.3 is 0 Å². The average Bonchev–Trinajstić information content (AvgIpc) is 3.06. The molecule has 0 radical (unpaired) electrons. The van der Waals surface area contributed by atoms with Crippen LogP contribution < -0.4 is 4.90 Å². The molecule has 1 fully saturated rings. The number of hydrogen-bond donors (Lipinski definition) is 0. The Kier molecular flexibility index (Phi) is 3.06. The summed E-state index contributed by atoms with van der Waals surface area (Å²) in [6.45, 7) is 2.10. The summed E-state index contributed by atoms with van der Waals surface area (Å²) in [5.41, 5.74) is 3.53. The van der Waals surface area contributed by atoms with Gasteiger partial charge in [0.15, 0.2) is 0 Å². The maximum Gasteiger partial charge on any atom is 0.112 e. The average molecular weight is 301 g/mol. The van der Waals surface area contributed by atoms with Crippen LogP contribution in [0.2, 0.25) is 0 Å². The number of nitrogens with zero attached hydrogens (tertiary/aromatic N) is 5. The summed E-state index contributed by atoms with van der Waals surface area (Å²) < 4.78 is 4.02. The first-order chi connectivity index (χ1) is 10.2. The van der Waals surface area contributed by atoms with Crippen molar-refractivity contribution in [1.29, 1.82) is 0 Å². The van der Waals surface area contributed by atoms with Crippen molar-refractivity contribution in [3.63, 3.8) is 0 Å². The molecule has 21 heavy (non-hydrogen) atoms. The van der Waals surface area contributed by atoms with Crippen LogP contribution in [-0.2, 0) is 7.05 Å². The summed E-state index contributed by atoms with van der Waals surface area (Å²) in [6, 6.07) is 0.605. The second-order valence-corrected chi connectivity index (χ2v) is 6.78. The molecular formula is C15H19N5S. The second-order valence-electron chi connectivity index (χ2n) is 5.79. The third-order valence-electron chi connectivity index (χ3n) is 4.31. The molecule has 0 N–H and O–H groups in total. The Balaban J connectivity index is 1.65. The monoisotopic (exact) mass is 301 g/mol. The molecule has 110 valence electrons. The maximum atomic E-state index is 4.72. The van der Waals surface area contributed by atoms with Gasteiger partial charge in [-0.2, -0.15) is 10.2 Å². The predicted octanol–water partition coefficient (Wildman–Crippen LogP) is 3.37. The molecule has 0 spiro atoms. The van der Waals surface area contributed by atoms with E-state index in [0.717, 1.165) is 5.69 Å². The Bertz CT molecular complexity index is 682. The molecule has 0 aromatic carbocycles. The normalized spacial score (nSPS) is 22.0. The molecule has 3 heterocycles. The van der Waals surface area contributed by atoms with Crippen LogP contribution in [0.3, 0.4) is 0 Å². The molecule has 2 aromatic rings. The molecule has 5 nitrogen and oxygen atoms in total. The summed E-state index contributed by atoms with van der Waals surface area (Å²) in [6.07, 6.45) is 12.2. The van der Waals surface area contributed by atoms with E-state index in [1.54, 1.807) is 0 Å². The van der Waals surface area contributed by atoms with Gasteiger partial charge in [-0.05, 0) is 31.6 Å². The van der Waals surface area contributed by atoms with Crippen molar-refractivity contribution < 1.29 is 0 Å². The van der Waals surface area contributed by atoms with Gasteiger partial charge in [0, 0.05) is 31.2 Å². The lowest BCUT2D eigenvalue weighted by molar-refractivity contribution is 0.288. The number of anilines is 1. The lowest BCUT2D eigenvalue weighted by atomic mass is 9.93. The molecule has 6 heteroatoms. The van der Waals surface area contributed by atoms with Crippen LogP contribution in [0.25, 0.3) is 0 Å². The quantitative estimate of drug-likeness (QED) is 0.871. The van der Waals surface area contributed by atoms with Crippen molar-refractivity contribution in [2.24, 2.45) is 7.05 Å². The highest BCUT2D eigenvalue weighted by Crippen LogP contribution is 2.43. The van der Waals surface area contributed by atoms with E-state index in [-0.39, 0.29) is 5.37 Å². The van der Waals surface area contributed by atoms with Gasteiger partial charge in [-0.3, -0.25) is 9.36 Å². The van der Waals surface area contributed by atoms with E-state index < -0.39 is 0 Å². The van der Waals surface area contributed by atoms with Crippen LogP contribution >= 0.6 is 11.8 Å². The zero-order valence-corrected chi connectivity index (χ0v) is 13.1. The lowest BCUT2D eigenvalue weighted by Crippen LogP contribution is -2.18. The molecule has 4 rings (SSSR count). The third kappa shape index (κ3) is 2.18. The Morgan fingerprint density at radius 3 is 2.81 bits per heavy atom. The van der Waals surface area contributed by atoms with E-state index in [4.69, 9.17) is 5.10 Å². The van der Waals surface area contributed by atoms with Gasteiger partial charge in [0.2, 0.25) is 0 Å². The van der Waals surface area contributed by atoms with Crippen LogP contribution in [0.1, 0.15) is 41.9 Å². The number of thioether (sulfide) groups is 1. The molecule has 1 atom stereocenters. The molecule has 1 saturated carbocycles. The first kappa shape index (κ1) is 13.0. The molecule has 0 saturated heterocycles. The van der Waals surface area contributed by atoms with E-state index in [2.05, 4.69) is 45.6 Å². The van der Waals surface area contributed by atoms with Crippen LogP contribution in [-0.4, -0.2) is 19.6 Å². The van der Waals surface area contributed by atoms with E-state index >= 15 is 0 Å². The van der Waals surface area contributed by atoms with Crippen molar-refractivity contribution in [3.8, 4) is 0 Å². The number of hydrogen-bond acceptors (Lipinski definition) is 4. The van der Waals surface area contributed by atoms with Gasteiger partial charge in [0.25, 0.3) is 0 Å². The fourth-order valence-electron chi connectivity index (χ4n) is 2.90. The molecule has 2 aromatic heterocycles. The van der Waals surface area contributed by atoms with Gasteiger partial charge in [-0.25, -0.2) is 0 Å². The molecular weight excluding hydrogens is 282 g/mol. The Labute approximate surface area is 128 Å². The lowest BCUT2D eigenvalue weighted by Gasteiger charge is -2.26. The molecule has 2 aliphatic rings. The molecule has 1 aliphatic heterocycles. The minimum Gasteiger partial charge on any atom is -0.328 e. The largest absolute Gasteiger partial charge is 0.328 e. The second kappa shape index (κ2) is 4.94. The predicted molar refractivity (Wildman–Crippen MR) is 85.0 cm³/mol. The minimum atomic E-state index is 0.261. The van der Waals surface area contributed by atoms with E-state index in [9.17, 15) is 0 Å². The fourth-order valence-corrected chi connectivity index (χ4v) is 3.84. The van der Waals surface area contributed by atoms with Crippen LogP contribution in [0, 0.1) is 6.92 Å². The summed E-state index contributed by atoms with van der Waals surface area (Å²) >= 11 is 1.81. The van der Waals surface area contributed by atoms with Gasteiger partial charge in [0.05, 0.1) is 23.6 Å². The van der Waals surface area contributed by atoms with Gasteiger partial charge in [-0.1, -0.05) is 0 Å². The topological polar surface area (TPSA) is 38.9 Å². The van der Waals surface area contributed by atoms with E-state index in [1.807, 2.05) is 29.7 Å². The van der Waals surface area contributed by atoms with Crippen molar-refractivity contribution >= 4 is 17.4 Å². The molecule has 1 aliphatic carbocycles. The van der Waals surface area contributed by atoms with Gasteiger partial charge in [-0.15, -0.1) is 11.8 Å². The van der Waals surface area contributed by atoms with E-state index in [0.29, 0.717) is 6.04 Å². The number of rotatable bonds is 3. The smallest absolute Gasteiger partial charge is 0.112 e. The Morgan fingerprint density at radius 1 is 1.29 bits per heavy atom. The minimum absolute atomic E-state index is 0.261. The summed E-state index contributed by atoms with van der Waals surface area (Å²) in [5, 5.41) is 11.4. The highest BCUT2D eigenvalue weighted by molar-refractivity contribution is 8.02. The van der Waals surface area contributed by atoms with Gasteiger partial charge < -0.3 is 4.90 Å². The van der Waals surface area contributed by atoms with Crippen LogP contribution in [0.15, 0.2) is 30.2 Å². The Hall–Kier alpha value is -1.69. The van der Waals surface area contributed by atoms with Crippen molar-refractivity contribution in [2.45, 2.75) is 37.6 Å². The summed E-state index contributed by atoms with van der Waals surface area (Å²) in [4.78, 5) is 2.30. The zero-order chi connectivity index (χ0) is 14.4. The van der Waals surface area contributed by atoms with E-state index in [1.165, 1.54) is 30.5 Å². The third-order valence-corrected chi connectivity index (χ3v) is 5.35. The number of aromatic nitrogens is 4. The van der Waals surface area contributed by atoms with Crippen LogP contribution in [0.5, 0.6) is 0 Å². The highest BCUT2D eigenvalue weighted by atomic mass is 32.2. The van der Waals surface area contributed by atoms with Gasteiger partial charge in [0.1, 0.15) is 5.37 Å². The molecule has 0 amide bonds. The maximum absolute atomic E-state index is 4.72. The standard InChI is InChI=1S/C15H19N5S/c1-11-14(10-20(17-11)13-4-3-5-13)19-6-7-21-15(19)12-8-16-18(2)9-12/h6-10,13,15H,3-5H2,1-2H3. The SMILES string of the molecule is Cc1nn(C2CCC2)cc1N1C=CSC1c1cnn(C)c1. The van der Waals surface area contributed by atoms with Crippen molar-refractivity contribution in [3.05, 3.63) is 41.5 Å². The summed E-state index contributed by atoms with van der Waals surface area (Å²) in [7, 11) is 1.96. The Morgan fingerprint density at radius 2 is 2.14 bits per heavy atom.